The molecule has 0 radical (unpaired) electrons. The summed E-state index contributed by atoms with van der Waals surface area (Å²) < 4.78 is 13.1. The van der Waals surface area contributed by atoms with Crippen LogP contribution in [-0.2, 0) is 11.2 Å². The molecular weight excluding hydrogens is 215 g/mol. The van der Waals surface area contributed by atoms with Gasteiger partial charge in [0.15, 0.2) is 0 Å². The fourth-order valence-corrected chi connectivity index (χ4v) is 1.22. The van der Waals surface area contributed by atoms with Crippen LogP contribution < -0.4 is 0 Å². The first-order valence-corrected chi connectivity index (χ1v) is 5.16. The number of ketones is 1. The Labute approximate surface area is 94.3 Å². The van der Waals surface area contributed by atoms with E-state index in [2.05, 4.69) is 0 Å². The maximum absolute atomic E-state index is 13.1. The van der Waals surface area contributed by atoms with E-state index >= 15 is 0 Å². The van der Waals surface area contributed by atoms with Crippen LogP contribution in [0, 0.1) is 11.2 Å². The van der Waals surface area contributed by atoms with E-state index in [1.165, 1.54) is 12.1 Å². The van der Waals surface area contributed by atoms with Crippen molar-refractivity contribution in [2.24, 2.45) is 5.41 Å². The lowest BCUT2D eigenvalue weighted by atomic mass is 9.87. The van der Waals surface area contributed by atoms with Gasteiger partial charge in [0.25, 0.3) is 0 Å². The van der Waals surface area contributed by atoms with E-state index in [1.807, 2.05) is 20.8 Å². The lowest BCUT2D eigenvalue weighted by molar-refractivity contribution is -0.125. The maximum Gasteiger partial charge on any atom is 0.142 e. The first kappa shape index (κ1) is 12.2. The summed E-state index contributed by atoms with van der Waals surface area (Å²) >= 11 is 5.55. The molecule has 0 atom stereocenters. The van der Waals surface area contributed by atoms with Gasteiger partial charge in [0, 0.05) is 11.8 Å². The fraction of sp³-hybridized carbons (Fsp3) is 0.417. The number of benzene rings is 1. The summed E-state index contributed by atoms with van der Waals surface area (Å²) in [7, 11) is 0. The van der Waals surface area contributed by atoms with E-state index in [9.17, 15) is 9.18 Å². The van der Waals surface area contributed by atoms with Crippen molar-refractivity contribution in [3.8, 4) is 0 Å². The Bertz CT molecular complexity index is 380. The highest BCUT2D eigenvalue weighted by atomic mass is 35.5. The van der Waals surface area contributed by atoms with Gasteiger partial charge in [-0.2, -0.15) is 0 Å². The molecule has 0 aliphatic heterocycles. The van der Waals surface area contributed by atoms with Crippen molar-refractivity contribution in [1.82, 2.24) is 0 Å². The molecule has 1 aromatic rings. The highest BCUT2D eigenvalue weighted by molar-refractivity contribution is 6.30. The average molecular weight is 229 g/mol. The van der Waals surface area contributed by atoms with Gasteiger partial charge in [0.2, 0.25) is 0 Å². The molecule has 3 heteroatoms. The lowest BCUT2D eigenvalue weighted by Gasteiger charge is -2.16. The Morgan fingerprint density at radius 3 is 2.47 bits per heavy atom. The van der Waals surface area contributed by atoms with Crippen molar-refractivity contribution < 1.29 is 9.18 Å². The Morgan fingerprint density at radius 2 is 2.00 bits per heavy atom. The largest absolute Gasteiger partial charge is 0.299 e. The van der Waals surface area contributed by atoms with Crippen LogP contribution in [0.2, 0.25) is 5.02 Å². The summed E-state index contributed by atoms with van der Waals surface area (Å²) in [6.45, 7) is 5.55. The SMILES string of the molecule is CC(C)(C)C(=O)Cc1ccc(Cl)c(F)c1. The molecule has 0 N–H and O–H groups in total. The standard InChI is InChI=1S/C12H14ClFO/c1-12(2,3)11(15)7-8-4-5-9(13)10(14)6-8/h4-6H,7H2,1-3H3. The van der Waals surface area contributed by atoms with Gasteiger partial charge in [0.05, 0.1) is 5.02 Å². The van der Waals surface area contributed by atoms with Gasteiger partial charge in [-0.25, -0.2) is 4.39 Å². The van der Waals surface area contributed by atoms with E-state index in [-0.39, 0.29) is 17.2 Å². The van der Waals surface area contributed by atoms with Crippen LogP contribution in [0.5, 0.6) is 0 Å². The number of hydrogen-bond donors (Lipinski definition) is 0. The molecule has 1 nitrogen and oxygen atoms in total. The highest BCUT2D eigenvalue weighted by Gasteiger charge is 2.21. The van der Waals surface area contributed by atoms with Crippen LogP contribution in [0.3, 0.4) is 0 Å². The molecule has 0 saturated heterocycles. The second-order valence-electron chi connectivity index (χ2n) is 4.60. The second kappa shape index (κ2) is 4.31. The van der Waals surface area contributed by atoms with Gasteiger partial charge in [-0.3, -0.25) is 4.79 Å². The minimum Gasteiger partial charge on any atom is -0.299 e. The van der Waals surface area contributed by atoms with Crippen LogP contribution >= 0.6 is 11.6 Å². The quantitative estimate of drug-likeness (QED) is 0.756. The smallest absolute Gasteiger partial charge is 0.142 e. The predicted octanol–water partition coefficient (Wildman–Crippen LogP) is 3.64. The molecule has 0 aliphatic carbocycles. The van der Waals surface area contributed by atoms with Crippen molar-refractivity contribution in [1.29, 1.82) is 0 Å². The van der Waals surface area contributed by atoms with Gasteiger partial charge < -0.3 is 0 Å². The number of halogens is 2. The number of Topliss-reactive ketones (excluding diaryl/α,β-unsaturated/α-hetero) is 1. The highest BCUT2D eigenvalue weighted by Crippen LogP contribution is 2.20. The fourth-order valence-electron chi connectivity index (χ4n) is 1.10. The molecule has 0 heterocycles. The van der Waals surface area contributed by atoms with Gasteiger partial charge in [-0.1, -0.05) is 38.4 Å². The third-order valence-corrected chi connectivity index (χ3v) is 2.49. The molecule has 1 aromatic carbocycles. The predicted molar refractivity (Wildman–Crippen MR) is 59.6 cm³/mol. The van der Waals surface area contributed by atoms with Crippen LogP contribution in [0.25, 0.3) is 0 Å². The summed E-state index contributed by atoms with van der Waals surface area (Å²) in [6, 6.07) is 4.46. The molecule has 0 saturated carbocycles. The lowest BCUT2D eigenvalue weighted by Crippen LogP contribution is -2.22. The summed E-state index contributed by atoms with van der Waals surface area (Å²) in [5.41, 5.74) is 0.271. The molecule has 15 heavy (non-hydrogen) atoms. The Kier molecular flexibility index (Phi) is 3.50. The van der Waals surface area contributed by atoms with Gasteiger partial charge in [0.1, 0.15) is 11.6 Å². The van der Waals surface area contributed by atoms with E-state index in [0.717, 1.165) is 0 Å². The van der Waals surface area contributed by atoms with Crippen molar-refractivity contribution in [2.45, 2.75) is 27.2 Å². The second-order valence-corrected chi connectivity index (χ2v) is 5.01. The Hall–Kier alpha value is -0.890. The zero-order chi connectivity index (χ0) is 11.6. The topological polar surface area (TPSA) is 17.1 Å². The van der Waals surface area contributed by atoms with Crippen LogP contribution in [0.15, 0.2) is 18.2 Å². The molecular formula is C12H14ClFO. The van der Waals surface area contributed by atoms with Crippen LogP contribution in [0.4, 0.5) is 4.39 Å². The number of hydrogen-bond acceptors (Lipinski definition) is 1. The zero-order valence-corrected chi connectivity index (χ0v) is 9.86. The minimum atomic E-state index is -0.476. The van der Waals surface area contributed by atoms with E-state index in [1.54, 1.807) is 6.07 Å². The summed E-state index contributed by atoms with van der Waals surface area (Å²) in [4.78, 5) is 11.7. The van der Waals surface area contributed by atoms with Crippen molar-refractivity contribution in [3.63, 3.8) is 0 Å². The molecule has 1 rings (SSSR count). The molecule has 0 aromatic heterocycles. The van der Waals surface area contributed by atoms with Gasteiger partial charge >= 0.3 is 0 Å². The first-order chi connectivity index (χ1) is 6.80. The van der Waals surface area contributed by atoms with Crippen LogP contribution in [0.1, 0.15) is 26.3 Å². The number of rotatable bonds is 2. The van der Waals surface area contributed by atoms with E-state index < -0.39 is 11.2 Å². The molecule has 0 amide bonds. The third-order valence-electron chi connectivity index (χ3n) is 2.19. The number of carbonyl (C=O) groups excluding carboxylic acids is 1. The molecule has 0 fully saturated rings. The maximum atomic E-state index is 13.1. The molecule has 0 aliphatic rings. The van der Waals surface area contributed by atoms with Crippen molar-refractivity contribution in [3.05, 3.63) is 34.6 Å². The molecule has 0 spiro atoms. The molecule has 0 bridgehead atoms. The minimum absolute atomic E-state index is 0.0851. The summed E-state index contributed by atoms with van der Waals surface area (Å²) in [6.07, 6.45) is 0.248. The van der Waals surface area contributed by atoms with Gasteiger partial charge in [-0.05, 0) is 17.7 Å². The van der Waals surface area contributed by atoms with Crippen LogP contribution in [-0.4, -0.2) is 5.78 Å². The molecule has 82 valence electrons. The van der Waals surface area contributed by atoms with E-state index in [4.69, 9.17) is 11.6 Å². The zero-order valence-electron chi connectivity index (χ0n) is 9.10. The Balaban J connectivity index is 2.83. The first-order valence-electron chi connectivity index (χ1n) is 4.78. The molecule has 0 unspecified atom stereocenters. The monoisotopic (exact) mass is 228 g/mol. The van der Waals surface area contributed by atoms with Gasteiger partial charge in [-0.15, -0.1) is 0 Å². The Morgan fingerprint density at radius 1 is 1.40 bits per heavy atom. The van der Waals surface area contributed by atoms with Crippen molar-refractivity contribution >= 4 is 17.4 Å². The summed E-state index contributed by atoms with van der Waals surface area (Å²) in [5.74, 6) is -0.389. The normalized spacial score (nSPS) is 11.5. The number of carbonyl (C=O) groups is 1. The van der Waals surface area contributed by atoms with Crippen molar-refractivity contribution in [2.75, 3.05) is 0 Å². The third kappa shape index (κ3) is 3.31. The summed E-state index contributed by atoms with van der Waals surface area (Å²) in [5, 5.41) is 0.0851. The average Bonchev–Trinajstić information content (AvgIpc) is 2.10. The van der Waals surface area contributed by atoms with E-state index in [0.29, 0.717) is 5.56 Å².